The van der Waals surface area contributed by atoms with Crippen LogP contribution >= 0.6 is 0 Å². The summed E-state index contributed by atoms with van der Waals surface area (Å²) in [6.07, 6.45) is 6.87. The van der Waals surface area contributed by atoms with Gasteiger partial charge in [0.05, 0.1) is 0 Å². The molecule has 3 saturated carbocycles. The first-order valence-corrected chi connectivity index (χ1v) is 9.06. The summed E-state index contributed by atoms with van der Waals surface area (Å²) in [6, 6.07) is 0.778. The van der Waals surface area contributed by atoms with E-state index in [2.05, 4.69) is 10.6 Å². The van der Waals surface area contributed by atoms with E-state index in [1.54, 1.807) is 0 Å². The fraction of sp³-hybridized carbons (Fsp3) is 0.944. The summed E-state index contributed by atoms with van der Waals surface area (Å²) in [5.74, 6) is 3.90. The Labute approximate surface area is 134 Å². The van der Waals surface area contributed by atoms with Gasteiger partial charge in [-0.15, -0.1) is 0 Å². The van der Waals surface area contributed by atoms with E-state index in [4.69, 9.17) is 4.74 Å². The van der Waals surface area contributed by atoms with E-state index < -0.39 is 5.60 Å². The largest absolute Gasteiger partial charge is 0.444 e. The third-order valence-corrected chi connectivity index (χ3v) is 5.88. The molecule has 0 aromatic carbocycles. The van der Waals surface area contributed by atoms with Crippen molar-refractivity contribution in [2.45, 2.75) is 77.5 Å². The molecule has 3 aliphatic carbocycles. The lowest BCUT2D eigenvalue weighted by atomic mass is 9.79. The Hall–Kier alpha value is -0.770. The van der Waals surface area contributed by atoms with Crippen LogP contribution in [0.15, 0.2) is 0 Å². The van der Waals surface area contributed by atoms with Crippen LogP contribution < -0.4 is 10.6 Å². The van der Waals surface area contributed by atoms with E-state index in [1.807, 2.05) is 27.7 Å². The van der Waals surface area contributed by atoms with E-state index in [-0.39, 0.29) is 12.1 Å². The SMILES string of the molecule is CC(CNC1CC2CC1C1CCCC21)NC(=O)OC(C)(C)C. The lowest BCUT2D eigenvalue weighted by molar-refractivity contribution is 0.0506. The molecule has 6 unspecified atom stereocenters. The Morgan fingerprint density at radius 3 is 2.64 bits per heavy atom. The third-order valence-electron chi connectivity index (χ3n) is 5.88. The predicted octanol–water partition coefficient (Wildman–Crippen LogP) is 3.31. The normalized spacial score (nSPS) is 37.9. The monoisotopic (exact) mass is 308 g/mol. The fourth-order valence-corrected chi connectivity index (χ4v) is 5.19. The van der Waals surface area contributed by atoms with Gasteiger partial charge in [-0.2, -0.15) is 0 Å². The summed E-state index contributed by atoms with van der Waals surface area (Å²) in [5, 5.41) is 6.65. The topological polar surface area (TPSA) is 50.4 Å². The molecule has 22 heavy (non-hydrogen) atoms. The van der Waals surface area contributed by atoms with Crippen molar-refractivity contribution >= 4 is 6.09 Å². The van der Waals surface area contributed by atoms with E-state index in [1.165, 1.54) is 32.1 Å². The molecule has 0 spiro atoms. The molecule has 0 heterocycles. The number of hydrogen-bond donors (Lipinski definition) is 2. The van der Waals surface area contributed by atoms with Gasteiger partial charge in [-0.1, -0.05) is 6.42 Å². The number of rotatable bonds is 4. The molecule has 0 aliphatic heterocycles. The van der Waals surface area contributed by atoms with E-state index in [0.717, 1.165) is 30.2 Å². The van der Waals surface area contributed by atoms with Gasteiger partial charge < -0.3 is 15.4 Å². The maximum atomic E-state index is 11.8. The van der Waals surface area contributed by atoms with Gasteiger partial charge >= 0.3 is 6.09 Å². The van der Waals surface area contributed by atoms with E-state index >= 15 is 0 Å². The maximum absolute atomic E-state index is 11.8. The number of fused-ring (bicyclic) bond motifs is 5. The molecule has 2 bridgehead atoms. The first-order valence-electron chi connectivity index (χ1n) is 9.06. The van der Waals surface area contributed by atoms with Crippen molar-refractivity contribution in [2.75, 3.05) is 6.54 Å². The smallest absolute Gasteiger partial charge is 0.407 e. The molecular formula is C18H32N2O2. The molecule has 3 fully saturated rings. The highest BCUT2D eigenvalue weighted by Crippen LogP contribution is 2.58. The molecule has 3 rings (SSSR count). The van der Waals surface area contributed by atoms with Crippen LogP contribution in [0.4, 0.5) is 4.79 Å². The summed E-state index contributed by atoms with van der Waals surface area (Å²) in [4.78, 5) is 11.8. The molecule has 0 saturated heterocycles. The molecule has 4 nitrogen and oxygen atoms in total. The summed E-state index contributed by atoms with van der Waals surface area (Å²) < 4.78 is 5.31. The quantitative estimate of drug-likeness (QED) is 0.837. The Morgan fingerprint density at radius 1 is 1.18 bits per heavy atom. The molecular weight excluding hydrogens is 276 g/mol. The number of alkyl carbamates (subject to hydrolysis) is 1. The van der Waals surface area contributed by atoms with Gasteiger partial charge in [0.1, 0.15) is 5.60 Å². The Balaban J connectivity index is 1.41. The van der Waals surface area contributed by atoms with Crippen LogP contribution in [0.1, 0.15) is 59.8 Å². The maximum Gasteiger partial charge on any atom is 0.407 e. The zero-order valence-corrected chi connectivity index (χ0v) is 14.5. The van der Waals surface area contributed by atoms with Crippen LogP contribution in [-0.4, -0.2) is 30.3 Å². The predicted molar refractivity (Wildman–Crippen MR) is 87.7 cm³/mol. The molecule has 2 N–H and O–H groups in total. The fourth-order valence-electron chi connectivity index (χ4n) is 5.19. The summed E-state index contributed by atoms with van der Waals surface area (Å²) >= 11 is 0. The van der Waals surface area contributed by atoms with Crippen LogP contribution in [-0.2, 0) is 4.74 Å². The van der Waals surface area contributed by atoms with Crippen molar-refractivity contribution in [3.8, 4) is 0 Å². The molecule has 3 aliphatic rings. The second-order valence-electron chi connectivity index (χ2n) is 8.72. The minimum absolute atomic E-state index is 0.105. The van der Waals surface area contributed by atoms with Crippen molar-refractivity contribution in [1.82, 2.24) is 10.6 Å². The van der Waals surface area contributed by atoms with Gasteiger partial charge in [-0.05, 0) is 77.0 Å². The van der Waals surface area contributed by atoms with Gasteiger partial charge in [-0.3, -0.25) is 0 Å². The lowest BCUT2D eigenvalue weighted by Crippen LogP contribution is -2.47. The van der Waals surface area contributed by atoms with Crippen molar-refractivity contribution in [2.24, 2.45) is 23.7 Å². The Morgan fingerprint density at radius 2 is 1.91 bits per heavy atom. The first-order chi connectivity index (χ1) is 10.3. The minimum Gasteiger partial charge on any atom is -0.444 e. The molecule has 0 radical (unpaired) electrons. The lowest BCUT2D eigenvalue weighted by Gasteiger charge is -2.33. The van der Waals surface area contributed by atoms with E-state index in [0.29, 0.717) is 6.04 Å². The third kappa shape index (κ3) is 3.42. The average Bonchev–Trinajstić information content (AvgIpc) is 3.06. The number of nitrogens with one attached hydrogen (secondary N) is 2. The van der Waals surface area contributed by atoms with Crippen LogP contribution in [0.5, 0.6) is 0 Å². The van der Waals surface area contributed by atoms with Gasteiger partial charge in [0, 0.05) is 18.6 Å². The van der Waals surface area contributed by atoms with Gasteiger partial charge in [-0.25, -0.2) is 4.79 Å². The van der Waals surface area contributed by atoms with Crippen LogP contribution in [0, 0.1) is 23.7 Å². The summed E-state index contributed by atoms with van der Waals surface area (Å²) in [7, 11) is 0. The van der Waals surface area contributed by atoms with Gasteiger partial charge in [0.2, 0.25) is 0 Å². The molecule has 4 heteroatoms. The number of ether oxygens (including phenoxy) is 1. The van der Waals surface area contributed by atoms with Gasteiger partial charge in [0.15, 0.2) is 0 Å². The second kappa shape index (κ2) is 6.03. The molecule has 0 aromatic heterocycles. The Bertz CT molecular complexity index is 418. The molecule has 126 valence electrons. The Kier molecular flexibility index (Phi) is 4.41. The zero-order chi connectivity index (χ0) is 15.9. The molecule has 0 aromatic rings. The second-order valence-corrected chi connectivity index (χ2v) is 8.72. The zero-order valence-electron chi connectivity index (χ0n) is 14.5. The first kappa shape index (κ1) is 16.1. The standard InChI is InChI=1S/C18H32N2O2/c1-11(20-17(21)22-18(2,3)4)10-19-16-9-12-8-15(16)14-7-5-6-13(12)14/h11-16,19H,5-10H2,1-4H3,(H,20,21). The van der Waals surface area contributed by atoms with Crippen LogP contribution in [0.25, 0.3) is 0 Å². The number of hydrogen-bond acceptors (Lipinski definition) is 3. The van der Waals surface area contributed by atoms with Crippen molar-refractivity contribution in [1.29, 1.82) is 0 Å². The highest BCUT2D eigenvalue weighted by molar-refractivity contribution is 5.68. The molecule has 6 atom stereocenters. The number of carbonyl (C=O) groups is 1. The highest BCUT2D eigenvalue weighted by atomic mass is 16.6. The van der Waals surface area contributed by atoms with Crippen molar-refractivity contribution < 1.29 is 9.53 Å². The number of amides is 1. The summed E-state index contributed by atoms with van der Waals surface area (Å²) in [5.41, 5.74) is -0.431. The van der Waals surface area contributed by atoms with Gasteiger partial charge in [0.25, 0.3) is 0 Å². The average molecular weight is 308 g/mol. The van der Waals surface area contributed by atoms with Crippen molar-refractivity contribution in [3.63, 3.8) is 0 Å². The molecule has 1 amide bonds. The highest BCUT2D eigenvalue weighted by Gasteiger charge is 2.53. The van der Waals surface area contributed by atoms with Crippen LogP contribution in [0.2, 0.25) is 0 Å². The van der Waals surface area contributed by atoms with Crippen LogP contribution in [0.3, 0.4) is 0 Å². The van der Waals surface area contributed by atoms with E-state index in [9.17, 15) is 4.79 Å². The van der Waals surface area contributed by atoms with Crippen molar-refractivity contribution in [3.05, 3.63) is 0 Å². The minimum atomic E-state index is -0.431. The number of carbonyl (C=O) groups excluding carboxylic acids is 1. The summed E-state index contributed by atoms with van der Waals surface area (Å²) in [6.45, 7) is 8.56.